The van der Waals surface area contributed by atoms with Crippen LogP contribution in [-0.4, -0.2) is 24.1 Å². The number of rotatable bonds is 6. The van der Waals surface area contributed by atoms with Crippen LogP contribution in [0.4, 0.5) is 0 Å². The number of hydrogen-bond acceptors (Lipinski definition) is 4. The van der Waals surface area contributed by atoms with Crippen molar-refractivity contribution in [2.24, 2.45) is 11.8 Å². The Morgan fingerprint density at radius 1 is 1.03 bits per heavy atom. The van der Waals surface area contributed by atoms with Gasteiger partial charge in [0.25, 0.3) is 0 Å². The van der Waals surface area contributed by atoms with Crippen molar-refractivity contribution in [3.63, 3.8) is 0 Å². The molecule has 0 heterocycles. The number of ether oxygens (including phenoxy) is 2. The smallest absolute Gasteiger partial charge is 0.338 e. The minimum Gasteiger partial charge on any atom is -0.458 e. The maximum atomic E-state index is 12.9. The number of esters is 2. The first-order valence-corrected chi connectivity index (χ1v) is 10.4. The van der Waals surface area contributed by atoms with Crippen LogP contribution in [0.15, 0.2) is 61.2 Å². The van der Waals surface area contributed by atoms with Gasteiger partial charge in [-0.15, -0.1) is 0 Å². The Morgan fingerprint density at radius 3 is 2.27 bits per heavy atom. The second-order valence-corrected chi connectivity index (χ2v) is 8.67. The third-order valence-corrected chi connectivity index (χ3v) is 6.15. The molecule has 1 aliphatic rings. The first-order chi connectivity index (χ1) is 14.2. The van der Waals surface area contributed by atoms with Gasteiger partial charge in [-0.05, 0) is 67.5 Å². The molecule has 158 valence electrons. The predicted molar refractivity (Wildman–Crippen MR) is 118 cm³/mol. The highest BCUT2D eigenvalue weighted by molar-refractivity contribution is 5.93. The Bertz CT molecular complexity index is 926. The Kier molecular flexibility index (Phi) is 6.45. The Labute approximate surface area is 178 Å². The van der Waals surface area contributed by atoms with Gasteiger partial charge in [0.05, 0.1) is 11.1 Å². The fraction of sp³-hybridized carbons (Fsp3) is 0.385. The van der Waals surface area contributed by atoms with Gasteiger partial charge in [-0.1, -0.05) is 50.8 Å². The maximum Gasteiger partial charge on any atom is 0.338 e. The van der Waals surface area contributed by atoms with Gasteiger partial charge in [0.2, 0.25) is 0 Å². The van der Waals surface area contributed by atoms with E-state index in [4.69, 9.17) is 9.47 Å². The lowest BCUT2D eigenvalue weighted by Gasteiger charge is -2.44. The van der Waals surface area contributed by atoms with Gasteiger partial charge in [-0.3, -0.25) is 0 Å². The summed E-state index contributed by atoms with van der Waals surface area (Å²) >= 11 is 0. The average Bonchev–Trinajstić information content (AvgIpc) is 2.72. The van der Waals surface area contributed by atoms with Gasteiger partial charge >= 0.3 is 11.9 Å². The van der Waals surface area contributed by atoms with Crippen LogP contribution in [0.3, 0.4) is 0 Å². The zero-order valence-corrected chi connectivity index (χ0v) is 18.2. The second kappa shape index (κ2) is 8.86. The Hall–Kier alpha value is -2.88. The van der Waals surface area contributed by atoms with Crippen molar-refractivity contribution in [2.45, 2.75) is 45.6 Å². The van der Waals surface area contributed by atoms with Crippen LogP contribution < -0.4 is 0 Å². The number of benzene rings is 2. The molecule has 3 atom stereocenters. The molecule has 2 aromatic carbocycles. The molecule has 4 heteroatoms. The van der Waals surface area contributed by atoms with Crippen molar-refractivity contribution >= 4 is 11.9 Å². The van der Waals surface area contributed by atoms with Crippen molar-refractivity contribution in [3.05, 3.63) is 83.4 Å². The van der Waals surface area contributed by atoms with Gasteiger partial charge in [-0.25, -0.2) is 9.59 Å². The van der Waals surface area contributed by atoms with Crippen LogP contribution in [0, 0.1) is 11.8 Å². The fourth-order valence-electron chi connectivity index (χ4n) is 4.50. The summed E-state index contributed by atoms with van der Waals surface area (Å²) in [6, 6.07) is 14.8. The van der Waals surface area contributed by atoms with Crippen LogP contribution >= 0.6 is 0 Å². The first kappa shape index (κ1) is 21.8. The van der Waals surface area contributed by atoms with E-state index in [1.807, 2.05) is 13.8 Å². The van der Waals surface area contributed by atoms with Gasteiger partial charge in [0.1, 0.15) is 12.2 Å². The van der Waals surface area contributed by atoms with Crippen LogP contribution in [0.5, 0.6) is 0 Å². The molecule has 4 nitrogen and oxygen atoms in total. The third kappa shape index (κ3) is 4.48. The molecule has 0 aliphatic heterocycles. The quantitative estimate of drug-likeness (QED) is 0.464. The van der Waals surface area contributed by atoms with Gasteiger partial charge < -0.3 is 9.47 Å². The van der Waals surface area contributed by atoms with E-state index in [0.717, 1.165) is 6.42 Å². The zero-order chi connectivity index (χ0) is 21.9. The lowest BCUT2D eigenvalue weighted by Crippen LogP contribution is -2.43. The minimum atomic E-state index is -0.678. The second-order valence-electron chi connectivity index (χ2n) is 8.67. The van der Waals surface area contributed by atoms with Gasteiger partial charge in [0, 0.05) is 5.92 Å². The van der Waals surface area contributed by atoms with E-state index in [1.54, 1.807) is 24.3 Å². The number of hydrogen-bond donors (Lipinski definition) is 0. The lowest BCUT2D eigenvalue weighted by molar-refractivity contribution is -0.0289. The van der Waals surface area contributed by atoms with Crippen molar-refractivity contribution in [3.8, 4) is 0 Å². The molecule has 0 amide bonds. The van der Waals surface area contributed by atoms with E-state index in [-0.39, 0.29) is 12.5 Å². The topological polar surface area (TPSA) is 52.6 Å². The molecule has 0 bridgehead atoms. The SMILES string of the molecule is C=CCOC(=O)c1ccc(C(=O)OC(C)(C)C2c3ccccc3CC(C)C2C)cc1. The summed E-state index contributed by atoms with van der Waals surface area (Å²) in [7, 11) is 0. The van der Waals surface area contributed by atoms with Gasteiger partial charge in [-0.2, -0.15) is 0 Å². The van der Waals surface area contributed by atoms with Gasteiger partial charge in [0.15, 0.2) is 0 Å². The van der Waals surface area contributed by atoms with E-state index in [9.17, 15) is 9.59 Å². The van der Waals surface area contributed by atoms with E-state index < -0.39 is 17.5 Å². The van der Waals surface area contributed by atoms with Crippen LogP contribution in [-0.2, 0) is 15.9 Å². The molecule has 0 N–H and O–H groups in total. The molecule has 3 unspecified atom stereocenters. The molecule has 2 aromatic rings. The summed E-state index contributed by atoms with van der Waals surface area (Å²) in [5, 5.41) is 0. The Balaban J connectivity index is 1.79. The van der Waals surface area contributed by atoms with Crippen molar-refractivity contribution in [1.29, 1.82) is 0 Å². The number of carbonyl (C=O) groups is 2. The molecule has 3 rings (SSSR count). The van der Waals surface area contributed by atoms with E-state index in [2.05, 4.69) is 44.7 Å². The average molecular weight is 407 g/mol. The monoisotopic (exact) mass is 406 g/mol. The van der Waals surface area contributed by atoms with Crippen molar-refractivity contribution in [2.75, 3.05) is 6.61 Å². The van der Waals surface area contributed by atoms with Crippen molar-refractivity contribution < 1.29 is 19.1 Å². The van der Waals surface area contributed by atoms with E-state index >= 15 is 0 Å². The predicted octanol–water partition coefficient (Wildman–Crippen LogP) is 5.58. The number of carbonyl (C=O) groups excluding carboxylic acids is 2. The summed E-state index contributed by atoms with van der Waals surface area (Å²) in [5.41, 5.74) is 2.72. The first-order valence-electron chi connectivity index (χ1n) is 10.4. The maximum absolute atomic E-state index is 12.9. The highest BCUT2D eigenvalue weighted by Crippen LogP contribution is 2.46. The molecular weight excluding hydrogens is 376 g/mol. The highest BCUT2D eigenvalue weighted by atomic mass is 16.6. The summed E-state index contributed by atoms with van der Waals surface area (Å²) in [6.07, 6.45) is 2.55. The zero-order valence-electron chi connectivity index (χ0n) is 18.2. The fourth-order valence-corrected chi connectivity index (χ4v) is 4.50. The van der Waals surface area contributed by atoms with Crippen LogP contribution in [0.2, 0.25) is 0 Å². The molecular formula is C26H30O4. The number of fused-ring (bicyclic) bond motifs is 1. The summed E-state index contributed by atoms with van der Waals surface area (Å²) < 4.78 is 11.1. The molecule has 1 aliphatic carbocycles. The summed E-state index contributed by atoms with van der Waals surface area (Å²) in [6.45, 7) is 12.1. The van der Waals surface area contributed by atoms with Crippen LogP contribution in [0.1, 0.15) is 65.5 Å². The summed E-state index contributed by atoms with van der Waals surface area (Å²) in [5.74, 6) is 0.147. The standard InChI is InChI=1S/C26H30O4/c1-6-15-29-24(27)19-11-13-20(14-12-19)25(28)30-26(4,5)23-18(3)17(2)16-21-9-7-8-10-22(21)23/h6-14,17-18,23H,1,15-16H2,2-5H3. The highest BCUT2D eigenvalue weighted by Gasteiger charge is 2.43. The normalized spacial score (nSPS) is 20.7. The largest absolute Gasteiger partial charge is 0.458 e. The third-order valence-electron chi connectivity index (χ3n) is 6.15. The molecule has 0 spiro atoms. The van der Waals surface area contributed by atoms with Crippen LogP contribution in [0.25, 0.3) is 0 Å². The lowest BCUT2D eigenvalue weighted by atomic mass is 9.65. The molecule has 0 saturated carbocycles. The molecule has 30 heavy (non-hydrogen) atoms. The van der Waals surface area contributed by atoms with E-state index in [0.29, 0.717) is 23.0 Å². The summed E-state index contributed by atoms with van der Waals surface area (Å²) in [4.78, 5) is 24.8. The molecule has 0 radical (unpaired) electrons. The Morgan fingerprint density at radius 2 is 1.63 bits per heavy atom. The van der Waals surface area contributed by atoms with Crippen molar-refractivity contribution in [1.82, 2.24) is 0 Å². The molecule has 0 fully saturated rings. The molecule has 0 saturated heterocycles. The minimum absolute atomic E-state index is 0.106. The molecule has 0 aromatic heterocycles. The van der Waals surface area contributed by atoms with E-state index in [1.165, 1.54) is 17.2 Å².